The summed E-state index contributed by atoms with van der Waals surface area (Å²) in [5.74, 6) is 0. The first-order chi connectivity index (χ1) is 9.66. The number of benzene rings is 2. The Morgan fingerprint density at radius 2 is 1.80 bits per heavy atom. The average molecular weight is 324 g/mol. The second kappa shape index (κ2) is 7.24. The minimum Gasteiger partial charge on any atom is -0.331 e. The van der Waals surface area contributed by atoms with Crippen LogP contribution in [0.4, 0.5) is 5.69 Å². The quantitative estimate of drug-likeness (QED) is 0.502. The van der Waals surface area contributed by atoms with Crippen molar-refractivity contribution in [3.63, 3.8) is 0 Å². The van der Waals surface area contributed by atoms with Gasteiger partial charge in [-0.05, 0) is 30.4 Å². The van der Waals surface area contributed by atoms with E-state index >= 15 is 0 Å². The fourth-order valence-corrected chi connectivity index (χ4v) is 1.99. The Balaban J connectivity index is 1.93. The Bertz CT molecular complexity index is 630. The topological polar surface area (TPSA) is 36.4 Å². The molecule has 6 heteroatoms. The van der Waals surface area contributed by atoms with Crippen molar-refractivity contribution in [2.75, 3.05) is 5.32 Å². The number of hydrogen-bond acceptors (Lipinski definition) is 2. The van der Waals surface area contributed by atoms with Crippen molar-refractivity contribution < 1.29 is 0 Å². The second-order valence-electron chi connectivity index (χ2n) is 3.83. The van der Waals surface area contributed by atoms with Crippen LogP contribution in [0.1, 0.15) is 5.56 Å². The minimum atomic E-state index is 0.394. The van der Waals surface area contributed by atoms with Crippen LogP contribution >= 0.6 is 35.4 Å². The number of thiocarbonyl (C=S) groups is 1. The lowest BCUT2D eigenvalue weighted by Crippen LogP contribution is -2.23. The van der Waals surface area contributed by atoms with Crippen LogP contribution in [0.5, 0.6) is 0 Å². The van der Waals surface area contributed by atoms with Gasteiger partial charge in [0, 0.05) is 11.3 Å². The van der Waals surface area contributed by atoms with Crippen molar-refractivity contribution in [1.82, 2.24) is 5.43 Å². The molecule has 0 aromatic heterocycles. The maximum absolute atomic E-state index is 6.04. The summed E-state index contributed by atoms with van der Waals surface area (Å²) in [7, 11) is 0. The average Bonchev–Trinajstić information content (AvgIpc) is 2.44. The first kappa shape index (κ1) is 14.8. The van der Waals surface area contributed by atoms with Crippen LogP contribution in [-0.2, 0) is 0 Å². The van der Waals surface area contributed by atoms with Gasteiger partial charge in [0.2, 0.25) is 0 Å². The fraction of sp³-hybridized carbons (Fsp3) is 0. The number of anilines is 1. The fourth-order valence-electron chi connectivity index (χ4n) is 1.46. The van der Waals surface area contributed by atoms with Crippen molar-refractivity contribution in [3.05, 3.63) is 64.1 Å². The molecule has 0 fully saturated rings. The van der Waals surface area contributed by atoms with Crippen molar-refractivity contribution in [2.45, 2.75) is 0 Å². The molecule has 0 bridgehead atoms. The maximum atomic E-state index is 6.04. The molecule has 2 N–H and O–H groups in total. The van der Waals surface area contributed by atoms with Crippen LogP contribution in [-0.4, -0.2) is 11.3 Å². The van der Waals surface area contributed by atoms with E-state index in [4.69, 9.17) is 35.4 Å². The maximum Gasteiger partial charge on any atom is 0.191 e. The van der Waals surface area contributed by atoms with Gasteiger partial charge in [0.05, 0.1) is 16.3 Å². The van der Waals surface area contributed by atoms with E-state index < -0.39 is 0 Å². The van der Waals surface area contributed by atoms with E-state index in [1.807, 2.05) is 36.4 Å². The molecule has 0 heterocycles. The van der Waals surface area contributed by atoms with Gasteiger partial charge in [0.1, 0.15) is 0 Å². The summed E-state index contributed by atoms with van der Waals surface area (Å²) in [4.78, 5) is 0. The van der Waals surface area contributed by atoms with Gasteiger partial charge in [-0.1, -0.05) is 53.5 Å². The Morgan fingerprint density at radius 3 is 2.55 bits per heavy atom. The number of hydrogen-bond donors (Lipinski definition) is 2. The van der Waals surface area contributed by atoms with Crippen molar-refractivity contribution >= 4 is 52.4 Å². The van der Waals surface area contributed by atoms with Gasteiger partial charge < -0.3 is 5.32 Å². The van der Waals surface area contributed by atoms with Gasteiger partial charge in [-0.15, -0.1) is 0 Å². The highest BCUT2D eigenvalue weighted by Crippen LogP contribution is 2.24. The van der Waals surface area contributed by atoms with E-state index in [9.17, 15) is 0 Å². The molecular formula is C14H11Cl2N3S. The predicted molar refractivity (Wildman–Crippen MR) is 89.9 cm³/mol. The van der Waals surface area contributed by atoms with Gasteiger partial charge in [0.15, 0.2) is 5.11 Å². The Labute approximate surface area is 132 Å². The van der Waals surface area contributed by atoms with Crippen LogP contribution < -0.4 is 10.7 Å². The summed E-state index contributed by atoms with van der Waals surface area (Å²) in [6.07, 6.45) is 1.56. The van der Waals surface area contributed by atoms with Gasteiger partial charge in [0.25, 0.3) is 0 Å². The van der Waals surface area contributed by atoms with Crippen molar-refractivity contribution in [3.8, 4) is 0 Å². The highest BCUT2D eigenvalue weighted by molar-refractivity contribution is 7.80. The summed E-state index contributed by atoms with van der Waals surface area (Å²) < 4.78 is 0. The molecule has 2 rings (SSSR count). The molecule has 2 aromatic rings. The number of rotatable bonds is 3. The molecule has 0 unspecified atom stereocenters. The Hall–Kier alpha value is -1.62. The van der Waals surface area contributed by atoms with E-state index in [2.05, 4.69) is 15.8 Å². The van der Waals surface area contributed by atoms with E-state index in [1.165, 1.54) is 0 Å². The molecule has 0 spiro atoms. The molecule has 0 atom stereocenters. The van der Waals surface area contributed by atoms with E-state index in [0.29, 0.717) is 20.7 Å². The van der Waals surface area contributed by atoms with E-state index in [1.54, 1.807) is 18.3 Å². The molecule has 20 heavy (non-hydrogen) atoms. The summed E-state index contributed by atoms with van der Waals surface area (Å²) >= 11 is 17.1. The SMILES string of the molecule is S=C(N/N=C\c1cccc(Cl)c1Cl)Nc1ccccc1. The van der Waals surface area contributed by atoms with Gasteiger partial charge >= 0.3 is 0 Å². The number of hydrazone groups is 1. The molecule has 0 aliphatic heterocycles. The standard InChI is InChI=1S/C14H11Cl2N3S/c15-12-8-4-5-10(13(12)16)9-17-19-14(20)18-11-6-2-1-3-7-11/h1-9H,(H2,18,19,20)/b17-9-. The molecule has 0 saturated heterocycles. The molecular weight excluding hydrogens is 313 g/mol. The summed E-state index contributed by atoms with van der Waals surface area (Å²) in [6.45, 7) is 0. The minimum absolute atomic E-state index is 0.394. The monoisotopic (exact) mass is 323 g/mol. The van der Waals surface area contributed by atoms with Crippen LogP contribution in [0.3, 0.4) is 0 Å². The number of halogens is 2. The molecule has 0 aliphatic rings. The van der Waals surface area contributed by atoms with Crippen molar-refractivity contribution in [2.24, 2.45) is 5.10 Å². The second-order valence-corrected chi connectivity index (χ2v) is 5.03. The summed E-state index contributed by atoms with van der Waals surface area (Å²) in [6, 6.07) is 14.9. The number of nitrogens with one attached hydrogen (secondary N) is 2. The van der Waals surface area contributed by atoms with Crippen molar-refractivity contribution in [1.29, 1.82) is 0 Å². The van der Waals surface area contributed by atoms with E-state index in [0.717, 1.165) is 5.69 Å². The lowest BCUT2D eigenvalue weighted by Gasteiger charge is -2.06. The zero-order chi connectivity index (χ0) is 14.4. The molecule has 102 valence electrons. The van der Waals surface area contributed by atoms with Crippen LogP contribution in [0.25, 0.3) is 0 Å². The lowest BCUT2D eigenvalue weighted by atomic mass is 10.2. The predicted octanol–water partition coefficient (Wildman–Crippen LogP) is 4.31. The normalized spacial score (nSPS) is 10.5. The van der Waals surface area contributed by atoms with Gasteiger partial charge in [-0.25, -0.2) is 0 Å². The summed E-state index contributed by atoms with van der Waals surface area (Å²) in [5, 5.41) is 8.36. The molecule has 0 aliphatic carbocycles. The number of nitrogens with zero attached hydrogens (tertiary/aromatic N) is 1. The van der Waals surface area contributed by atoms with Gasteiger partial charge in [-0.2, -0.15) is 5.10 Å². The zero-order valence-electron chi connectivity index (χ0n) is 10.3. The van der Waals surface area contributed by atoms with Gasteiger partial charge in [-0.3, -0.25) is 5.43 Å². The smallest absolute Gasteiger partial charge is 0.191 e. The third kappa shape index (κ3) is 4.20. The lowest BCUT2D eigenvalue weighted by molar-refractivity contribution is 1.05. The summed E-state index contributed by atoms with van der Waals surface area (Å²) in [5.41, 5.74) is 4.32. The first-order valence-corrected chi connectivity index (χ1v) is 6.92. The van der Waals surface area contributed by atoms with Crippen LogP contribution in [0, 0.1) is 0 Å². The number of para-hydroxylation sites is 1. The van der Waals surface area contributed by atoms with Crippen LogP contribution in [0.2, 0.25) is 10.0 Å². The molecule has 0 saturated carbocycles. The van der Waals surface area contributed by atoms with Crippen LogP contribution in [0.15, 0.2) is 53.6 Å². The highest BCUT2D eigenvalue weighted by atomic mass is 35.5. The molecule has 2 aromatic carbocycles. The third-order valence-electron chi connectivity index (χ3n) is 2.38. The highest BCUT2D eigenvalue weighted by Gasteiger charge is 2.01. The largest absolute Gasteiger partial charge is 0.331 e. The zero-order valence-corrected chi connectivity index (χ0v) is 12.6. The first-order valence-electron chi connectivity index (χ1n) is 5.76. The third-order valence-corrected chi connectivity index (χ3v) is 3.41. The van der Waals surface area contributed by atoms with E-state index in [-0.39, 0.29) is 0 Å². The Kier molecular flexibility index (Phi) is 5.35. The molecule has 0 amide bonds. The molecule has 0 radical (unpaired) electrons. The molecule has 3 nitrogen and oxygen atoms in total. The Morgan fingerprint density at radius 1 is 1.05 bits per heavy atom.